The summed E-state index contributed by atoms with van der Waals surface area (Å²) in [6.45, 7) is 0. The van der Waals surface area contributed by atoms with E-state index in [0.717, 1.165) is 44.1 Å². The van der Waals surface area contributed by atoms with Gasteiger partial charge in [0.2, 0.25) is 0 Å². The second kappa shape index (κ2) is 4.65. The van der Waals surface area contributed by atoms with Gasteiger partial charge < -0.3 is 4.42 Å². The van der Waals surface area contributed by atoms with Crippen molar-refractivity contribution in [3.63, 3.8) is 0 Å². The van der Waals surface area contributed by atoms with Crippen molar-refractivity contribution in [1.29, 1.82) is 0 Å². The molecule has 0 atom stereocenters. The Morgan fingerprint density at radius 3 is 2.30 bits per heavy atom. The summed E-state index contributed by atoms with van der Waals surface area (Å²) in [6, 6.07) is 20.2. The van der Waals surface area contributed by atoms with E-state index in [2.05, 4.69) is 28.2 Å². The minimum absolute atomic E-state index is 0.839. The number of hydrogen-bond donors (Lipinski definition) is 0. The monoisotopic (exact) mass is 296 g/mol. The molecular weight excluding hydrogens is 284 g/mol. The highest BCUT2D eigenvalue weighted by molar-refractivity contribution is 6.13. The lowest BCUT2D eigenvalue weighted by Gasteiger charge is -2.06. The fraction of sp³-hybridized carbons (Fsp3) is 0. The quantitative estimate of drug-likeness (QED) is 0.427. The van der Waals surface area contributed by atoms with Gasteiger partial charge in [0.25, 0.3) is 0 Å². The average Bonchev–Trinajstić information content (AvgIpc) is 3.00. The molecule has 3 nitrogen and oxygen atoms in total. The zero-order chi connectivity index (χ0) is 15.2. The van der Waals surface area contributed by atoms with Crippen LogP contribution in [0.2, 0.25) is 0 Å². The molecule has 23 heavy (non-hydrogen) atoms. The third-order valence-electron chi connectivity index (χ3n) is 4.19. The number of nitrogens with zero attached hydrogens (tertiary/aromatic N) is 2. The summed E-state index contributed by atoms with van der Waals surface area (Å²) < 4.78 is 5.96. The van der Waals surface area contributed by atoms with E-state index in [9.17, 15) is 0 Å². The van der Waals surface area contributed by atoms with E-state index in [1.165, 1.54) is 0 Å². The van der Waals surface area contributed by atoms with Crippen LogP contribution < -0.4 is 0 Å². The van der Waals surface area contributed by atoms with Crippen LogP contribution in [0.5, 0.6) is 0 Å². The molecule has 0 fully saturated rings. The first-order valence-corrected chi connectivity index (χ1v) is 7.52. The fourth-order valence-corrected chi connectivity index (χ4v) is 3.16. The number of benzene rings is 2. The number of fused-ring (bicyclic) bond motifs is 4. The Kier molecular flexibility index (Phi) is 2.50. The highest BCUT2D eigenvalue weighted by atomic mass is 16.3. The summed E-state index contributed by atoms with van der Waals surface area (Å²) >= 11 is 0. The Morgan fingerprint density at radius 1 is 0.609 bits per heavy atom. The molecule has 0 radical (unpaired) electrons. The van der Waals surface area contributed by atoms with E-state index in [4.69, 9.17) is 4.42 Å². The molecule has 0 N–H and O–H groups in total. The van der Waals surface area contributed by atoms with E-state index in [1.807, 2.05) is 48.7 Å². The van der Waals surface area contributed by atoms with Gasteiger partial charge in [-0.3, -0.25) is 9.97 Å². The standard InChI is InChI=1S/C20H12N2O/c1-2-6-14-13(5-1)9-11-21-19(14)20-18-15-7-3-4-8-16(15)23-17(18)10-12-22-20/h1-12H. The SMILES string of the molecule is c1ccc2c(-c3nccc4oc5ccccc5c34)nccc2c1. The molecule has 0 bridgehead atoms. The van der Waals surface area contributed by atoms with Gasteiger partial charge in [-0.05, 0) is 23.6 Å². The Bertz CT molecular complexity index is 1170. The van der Waals surface area contributed by atoms with Crippen molar-refractivity contribution in [3.05, 3.63) is 73.1 Å². The summed E-state index contributed by atoms with van der Waals surface area (Å²) in [7, 11) is 0. The van der Waals surface area contributed by atoms with E-state index in [1.54, 1.807) is 6.20 Å². The van der Waals surface area contributed by atoms with Gasteiger partial charge in [-0.1, -0.05) is 42.5 Å². The predicted octanol–water partition coefficient (Wildman–Crippen LogP) is 5.20. The van der Waals surface area contributed by atoms with Gasteiger partial charge in [0.15, 0.2) is 0 Å². The van der Waals surface area contributed by atoms with Gasteiger partial charge in [0.1, 0.15) is 16.9 Å². The summed E-state index contributed by atoms with van der Waals surface area (Å²) in [4.78, 5) is 9.24. The first-order chi connectivity index (χ1) is 11.4. The third-order valence-corrected chi connectivity index (χ3v) is 4.19. The zero-order valence-electron chi connectivity index (χ0n) is 12.2. The maximum Gasteiger partial charge on any atom is 0.139 e. The molecule has 0 aliphatic heterocycles. The molecule has 5 aromatic rings. The normalized spacial score (nSPS) is 11.5. The minimum atomic E-state index is 0.839. The second-order valence-electron chi connectivity index (χ2n) is 5.51. The minimum Gasteiger partial charge on any atom is -0.456 e. The molecule has 3 heterocycles. The summed E-state index contributed by atoms with van der Waals surface area (Å²) in [6.07, 6.45) is 3.62. The van der Waals surface area contributed by atoms with E-state index >= 15 is 0 Å². The van der Waals surface area contributed by atoms with Crippen LogP contribution in [0.15, 0.2) is 77.5 Å². The molecule has 0 unspecified atom stereocenters. The molecular formula is C20H12N2O. The van der Waals surface area contributed by atoms with E-state index in [-0.39, 0.29) is 0 Å². The van der Waals surface area contributed by atoms with Gasteiger partial charge in [-0.2, -0.15) is 0 Å². The molecule has 2 aromatic carbocycles. The van der Waals surface area contributed by atoms with Crippen LogP contribution in [-0.2, 0) is 0 Å². The van der Waals surface area contributed by atoms with Gasteiger partial charge in [-0.15, -0.1) is 0 Å². The van der Waals surface area contributed by atoms with Crippen LogP contribution in [0.25, 0.3) is 44.1 Å². The maximum absolute atomic E-state index is 5.96. The van der Waals surface area contributed by atoms with Crippen molar-refractivity contribution in [2.45, 2.75) is 0 Å². The molecule has 0 spiro atoms. The summed E-state index contributed by atoms with van der Waals surface area (Å²) in [5.41, 5.74) is 3.47. The number of hydrogen-bond acceptors (Lipinski definition) is 3. The van der Waals surface area contributed by atoms with Gasteiger partial charge >= 0.3 is 0 Å². The molecule has 3 heteroatoms. The van der Waals surface area contributed by atoms with Gasteiger partial charge in [-0.25, -0.2) is 0 Å². The molecule has 3 aromatic heterocycles. The highest BCUT2D eigenvalue weighted by Crippen LogP contribution is 2.36. The molecule has 0 aliphatic rings. The summed E-state index contributed by atoms with van der Waals surface area (Å²) in [5.74, 6) is 0. The first-order valence-electron chi connectivity index (χ1n) is 7.52. The molecule has 0 aliphatic carbocycles. The molecule has 0 saturated heterocycles. The number of furan rings is 1. The van der Waals surface area contributed by atoms with Crippen LogP contribution >= 0.6 is 0 Å². The lowest BCUT2D eigenvalue weighted by molar-refractivity contribution is 0.668. The van der Waals surface area contributed by atoms with Crippen LogP contribution in [-0.4, -0.2) is 9.97 Å². The largest absolute Gasteiger partial charge is 0.456 e. The molecule has 5 rings (SSSR count). The van der Waals surface area contributed by atoms with Crippen molar-refractivity contribution in [2.24, 2.45) is 0 Å². The van der Waals surface area contributed by atoms with E-state index < -0.39 is 0 Å². The Hall–Kier alpha value is -3.20. The first kappa shape index (κ1) is 12.4. The lowest BCUT2D eigenvalue weighted by Crippen LogP contribution is -1.89. The summed E-state index contributed by atoms with van der Waals surface area (Å²) in [5, 5.41) is 4.34. The zero-order valence-corrected chi connectivity index (χ0v) is 12.2. The Morgan fingerprint density at radius 2 is 1.35 bits per heavy atom. The third kappa shape index (κ3) is 1.77. The van der Waals surface area contributed by atoms with Crippen LogP contribution in [0, 0.1) is 0 Å². The lowest BCUT2D eigenvalue weighted by atomic mass is 10.0. The smallest absolute Gasteiger partial charge is 0.139 e. The number of aromatic nitrogens is 2. The topological polar surface area (TPSA) is 38.9 Å². The van der Waals surface area contributed by atoms with Crippen molar-refractivity contribution < 1.29 is 4.42 Å². The molecule has 0 saturated carbocycles. The van der Waals surface area contributed by atoms with Gasteiger partial charge in [0.05, 0.1) is 11.1 Å². The van der Waals surface area contributed by atoms with Gasteiger partial charge in [0, 0.05) is 23.2 Å². The average molecular weight is 296 g/mol. The van der Waals surface area contributed by atoms with Crippen LogP contribution in [0.3, 0.4) is 0 Å². The van der Waals surface area contributed by atoms with Crippen molar-refractivity contribution in [3.8, 4) is 11.4 Å². The van der Waals surface area contributed by atoms with Crippen molar-refractivity contribution in [1.82, 2.24) is 9.97 Å². The van der Waals surface area contributed by atoms with Crippen LogP contribution in [0.1, 0.15) is 0 Å². The maximum atomic E-state index is 5.96. The van der Waals surface area contributed by atoms with Crippen molar-refractivity contribution in [2.75, 3.05) is 0 Å². The predicted molar refractivity (Wildman–Crippen MR) is 92.3 cm³/mol. The second-order valence-corrected chi connectivity index (χ2v) is 5.51. The van der Waals surface area contributed by atoms with Crippen molar-refractivity contribution >= 4 is 32.7 Å². The van der Waals surface area contributed by atoms with E-state index in [0.29, 0.717) is 0 Å². The Balaban J connectivity index is 1.96. The highest BCUT2D eigenvalue weighted by Gasteiger charge is 2.15. The number of para-hydroxylation sites is 1. The number of rotatable bonds is 1. The molecule has 0 amide bonds. The fourth-order valence-electron chi connectivity index (χ4n) is 3.16. The Labute approximate surface area is 132 Å². The van der Waals surface area contributed by atoms with Crippen LogP contribution in [0.4, 0.5) is 0 Å². The molecule has 108 valence electrons. The number of pyridine rings is 2.